The second kappa shape index (κ2) is 6.59. The van der Waals surface area contributed by atoms with Gasteiger partial charge in [0.1, 0.15) is 0 Å². The van der Waals surface area contributed by atoms with Crippen LogP contribution < -0.4 is 0 Å². The number of thioether (sulfide) groups is 1. The van der Waals surface area contributed by atoms with Crippen molar-refractivity contribution in [1.82, 2.24) is 9.88 Å². The van der Waals surface area contributed by atoms with Crippen LogP contribution in [0.25, 0.3) is 0 Å². The number of rotatable bonds is 5. The maximum Gasteiger partial charge on any atom is 0.255 e. The molecule has 0 aromatic carbocycles. The van der Waals surface area contributed by atoms with Crippen LogP contribution in [0.5, 0.6) is 0 Å². The van der Waals surface area contributed by atoms with E-state index in [4.69, 9.17) is 0 Å². The second-order valence-corrected chi connectivity index (χ2v) is 4.71. The SMILES string of the molecule is CCC(CSC)N(C)C(=O)c1ccc(F)nc1. The Hall–Kier alpha value is -1.10. The quantitative estimate of drug-likeness (QED) is 0.759. The average Bonchev–Trinajstić information content (AvgIpc) is 2.35. The first-order valence-corrected chi connectivity index (χ1v) is 6.87. The molecule has 0 bridgehead atoms. The zero-order valence-electron chi connectivity index (χ0n) is 10.3. The molecule has 1 unspecified atom stereocenters. The fourth-order valence-electron chi connectivity index (χ4n) is 1.57. The predicted octanol–water partition coefficient (Wildman–Crippen LogP) is 2.43. The summed E-state index contributed by atoms with van der Waals surface area (Å²) in [5.41, 5.74) is 0.424. The fourth-order valence-corrected chi connectivity index (χ4v) is 2.41. The molecular formula is C12H17FN2OS. The summed E-state index contributed by atoms with van der Waals surface area (Å²) in [6.45, 7) is 2.05. The Labute approximate surface area is 105 Å². The molecule has 0 saturated heterocycles. The summed E-state index contributed by atoms with van der Waals surface area (Å²) in [4.78, 5) is 17.3. The minimum atomic E-state index is -0.569. The third kappa shape index (κ3) is 3.70. The first-order chi connectivity index (χ1) is 8.10. The Balaban J connectivity index is 2.77. The molecular weight excluding hydrogens is 239 g/mol. The summed E-state index contributed by atoms with van der Waals surface area (Å²) in [5.74, 6) is 0.214. The third-order valence-electron chi connectivity index (χ3n) is 2.67. The number of aromatic nitrogens is 1. The molecule has 1 rings (SSSR count). The molecule has 1 aromatic heterocycles. The standard InChI is InChI=1S/C12H17FN2OS/c1-4-10(8-17-3)15(2)12(16)9-5-6-11(13)14-7-9/h5-7,10H,4,8H2,1-3H3. The van der Waals surface area contributed by atoms with E-state index in [-0.39, 0.29) is 11.9 Å². The van der Waals surface area contributed by atoms with Crippen LogP contribution in [-0.4, -0.2) is 40.9 Å². The molecule has 1 amide bonds. The molecule has 1 aromatic rings. The molecule has 94 valence electrons. The highest BCUT2D eigenvalue weighted by atomic mass is 32.2. The molecule has 1 heterocycles. The Morgan fingerprint density at radius 3 is 2.76 bits per heavy atom. The molecule has 5 heteroatoms. The number of nitrogens with zero attached hydrogens (tertiary/aromatic N) is 2. The number of hydrogen-bond acceptors (Lipinski definition) is 3. The van der Waals surface area contributed by atoms with Crippen LogP contribution in [0.2, 0.25) is 0 Å². The van der Waals surface area contributed by atoms with E-state index in [0.29, 0.717) is 5.56 Å². The van der Waals surface area contributed by atoms with Crippen LogP contribution in [-0.2, 0) is 0 Å². The predicted molar refractivity (Wildman–Crippen MR) is 68.7 cm³/mol. The molecule has 0 N–H and O–H groups in total. The van der Waals surface area contributed by atoms with Crippen molar-refractivity contribution >= 4 is 17.7 Å². The molecule has 0 aliphatic rings. The van der Waals surface area contributed by atoms with Crippen LogP contribution >= 0.6 is 11.8 Å². The largest absolute Gasteiger partial charge is 0.338 e. The fraction of sp³-hybridized carbons (Fsp3) is 0.500. The first-order valence-electron chi connectivity index (χ1n) is 5.47. The van der Waals surface area contributed by atoms with Crippen molar-refractivity contribution < 1.29 is 9.18 Å². The van der Waals surface area contributed by atoms with Crippen LogP contribution in [0.4, 0.5) is 4.39 Å². The summed E-state index contributed by atoms with van der Waals surface area (Å²) in [6, 6.07) is 2.87. The summed E-state index contributed by atoms with van der Waals surface area (Å²) < 4.78 is 12.7. The monoisotopic (exact) mass is 256 g/mol. The van der Waals surface area contributed by atoms with Gasteiger partial charge in [0.15, 0.2) is 0 Å². The van der Waals surface area contributed by atoms with Gasteiger partial charge in [-0.05, 0) is 24.8 Å². The van der Waals surface area contributed by atoms with E-state index in [9.17, 15) is 9.18 Å². The molecule has 0 aliphatic heterocycles. The first kappa shape index (κ1) is 14.0. The number of pyridine rings is 1. The zero-order valence-corrected chi connectivity index (χ0v) is 11.1. The lowest BCUT2D eigenvalue weighted by Crippen LogP contribution is -2.38. The van der Waals surface area contributed by atoms with Crippen molar-refractivity contribution in [2.75, 3.05) is 19.1 Å². The number of amides is 1. The molecule has 0 radical (unpaired) electrons. The average molecular weight is 256 g/mol. The van der Waals surface area contributed by atoms with E-state index in [0.717, 1.165) is 12.2 Å². The van der Waals surface area contributed by atoms with Crippen LogP contribution in [0.1, 0.15) is 23.7 Å². The smallest absolute Gasteiger partial charge is 0.255 e. The van der Waals surface area contributed by atoms with E-state index < -0.39 is 5.95 Å². The number of carbonyl (C=O) groups is 1. The van der Waals surface area contributed by atoms with Crippen molar-refractivity contribution in [2.45, 2.75) is 19.4 Å². The van der Waals surface area contributed by atoms with Crippen molar-refractivity contribution in [3.8, 4) is 0 Å². The Bertz CT molecular complexity index is 369. The van der Waals surface area contributed by atoms with Crippen LogP contribution in [0.15, 0.2) is 18.3 Å². The van der Waals surface area contributed by atoms with Crippen molar-refractivity contribution in [3.05, 3.63) is 29.8 Å². The topological polar surface area (TPSA) is 33.2 Å². The van der Waals surface area contributed by atoms with E-state index in [1.54, 1.807) is 23.7 Å². The van der Waals surface area contributed by atoms with Gasteiger partial charge in [0.25, 0.3) is 5.91 Å². The Kier molecular flexibility index (Phi) is 5.41. The van der Waals surface area contributed by atoms with Gasteiger partial charge < -0.3 is 4.90 Å². The molecule has 0 fully saturated rings. The van der Waals surface area contributed by atoms with E-state index >= 15 is 0 Å². The molecule has 0 saturated carbocycles. The van der Waals surface area contributed by atoms with Gasteiger partial charge >= 0.3 is 0 Å². The minimum absolute atomic E-state index is 0.113. The molecule has 17 heavy (non-hydrogen) atoms. The van der Waals surface area contributed by atoms with E-state index in [1.807, 2.05) is 13.2 Å². The van der Waals surface area contributed by atoms with Crippen LogP contribution in [0, 0.1) is 5.95 Å². The number of halogens is 1. The van der Waals surface area contributed by atoms with Gasteiger partial charge in [-0.3, -0.25) is 4.79 Å². The van der Waals surface area contributed by atoms with Gasteiger partial charge in [-0.25, -0.2) is 4.98 Å². The molecule has 0 aliphatic carbocycles. The van der Waals surface area contributed by atoms with Crippen molar-refractivity contribution in [2.24, 2.45) is 0 Å². The maximum absolute atomic E-state index is 12.7. The zero-order chi connectivity index (χ0) is 12.8. The normalized spacial score (nSPS) is 12.2. The number of carbonyl (C=O) groups excluding carboxylic acids is 1. The van der Waals surface area contributed by atoms with Gasteiger partial charge in [-0.1, -0.05) is 6.92 Å². The van der Waals surface area contributed by atoms with E-state index in [2.05, 4.69) is 4.98 Å². The summed E-state index contributed by atoms with van der Waals surface area (Å²) >= 11 is 1.71. The summed E-state index contributed by atoms with van der Waals surface area (Å²) in [7, 11) is 1.77. The van der Waals surface area contributed by atoms with Crippen LogP contribution in [0.3, 0.4) is 0 Å². The van der Waals surface area contributed by atoms with Gasteiger partial charge in [0, 0.05) is 25.0 Å². The van der Waals surface area contributed by atoms with Crippen molar-refractivity contribution in [1.29, 1.82) is 0 Å². The highest BCUT2D eigenvalue weighted by molar-refractivity contribution is 7.98. The van der Waals surface area contributed by atoms with Crippen molar-refractivity contribution in [3.63, 3.8) is 0 Å². The van der Waals surface area contributed by atoms with E-state index in [1.165, 1.54) is 18.3 Å². The Morgan fingerprint density at radius 1 is 1.59 bits per heavy atom. The highest BCUT2D eigenvalue weighted by Crippen LogP contribution is 2.12. The van der Waals surface area contributed by atoms with Gasteiger partial charge in [0.05, 0.1) is 5.56 Å². The molecule has 3 nitrogen and oxygen atoms in total. The maximum atomic E-state index is 12.7. The van der Waals surface area contributed by atoms with Gasteiger partial charge in [-0.2, -0.15) is 16.2 Å². The number of hydrogen-bond donors (Lipinski definition) is 0. The summed E-state index contributed by atoms with van der Waals surface area (Å²) in [5, 5.41) is 0. The summed E-state index contributed by atoms with van der Waals surface area (Å²) in [6.07, 6.45) is 4.19. The highest BCUT2D eigenvalue weighted by Gasteiger charge is 2.19. The lowest BCUT2D eigenvalue weighted by Gasteiger charge is -2.26. The Morgan fingerprint density at radius 2 is 2.29 bits per heavy atom. The molecule has 1 atom stereocenters. The lowest BCUT2D eigenvalue weighted by atomic mass is 10.2. The minimum Gasteiger partial charge on any atom is -0.338 e. The lowest BCUT2D eigenvalue weighted by molar-refractivity contribution is 0.0743. The molecule has 0 spiro atoms. The van der Waals surface area contributed by atoms with Gasteiger partial charge in [-0.15, -0.1) is 0 Å². The second-order valence-electron chi connectivity index (χ2n) is 3.80. The van der Waals surface area contributed by atoms with Gasteiger partial charge in [0.2, 0.25) is 5.95 Å². The third-order valence-corrected chi connectivity index (χ3v) is 3.39.